The number of fused-ring (bicyclic) bond motifs is 1. The Bertz CT molecular complexity index is 736. The zero-order valence-corrected chi connectivity index (χ0v) is 14.2. The van der Waals surface area contributed by atoms with Gasteiger partial charge in [-0.3, -0.25) is 0 Å². The molecular formula is C13H15N5S3. The Morgan fingerprint density at radius 2 is 2.14 bits per heavy atom. The number of hydrogen-bond acceptors (Lipinski definition) is 7. The second-order valence-electron chi connectivity index (χ2n) is 4.21. The van der Waals surface area contributed by atoms with E-state index in [0.29, 0.717) is 0 Å². The minimum atomic E-state index is 0.790. The number of thioether (sulfide) groups is 1. The van der Waals surface area contributed by atoms with E-state index in [0.717, 1.165) is 32.4 Å². The van der Waals surface area contributed by atoms with Gasteiger partial charge in [0.1, 0.15) is 10.7 Å². The predicted molar refractivity (Wildman–Crippen MR) is 88.4 cm³/mol. The summed E-state index contributed by atoms with van der Waals surface area (Å²) < 4.78 is 4.04. The van der Waals surface area contributed by atoms with Gasteiger partial charge in [0.25, 0.3) is 0 Å². The molecule has 0 saturated heterocycles. The largest absolute Gasteiger partial charge is 0.311 e. The number of hydrogen-bond donors (Lipinski definition) is 1. The van der Waals surface area contributed by atoms with Gasteiger partial charge in [-0.15, -0.1) is 10.2 Å². The molecule has 0 aliphatic heterocycles. The van der Waals surface area contributed by atoms with E-state index in [2.05, 4.69) is 26.8 Å². The van der Waals surface area contributed by atoms with E-state index in [4.69, 9.17) is 4.98 Å². The predicted octanol–water partition coefficient (Wildman–Crippen LogP) is 3.17. The molecule has 0 bridgehead atoms. The molecule has 8 heteroatoms. The number of nitrogens with one attached hydrogen (secondary N) is 1. The summed E-state index contributed by atoms with van der Waals surface area (Å²) in [4.78, 5) is 4.71. The number of nitrogens with zero attached hydrogens (tertiary/aromatic N) is 4. The number of pyridine rings is 1. The Labute approximate surface area is 135 Å². The van der Waals surface area contributed by atoms with Crippen molar-refractivity contribution < 1.29 is 0 Å². The molecule has 0 aromatic carbocycles. The summed E-state index contributed by atoms with van der Waals surface area (Å²) in [5.74, 6) is 0. The molecule has 1 N–H and O–H groups in total. The highest BCUT2D eigenvalue weighted by Crippen LogP contribution is 2.34. The molecule has 3 aromatic rings. The number of aromatic nitrogens is 4. The van der Waals surface area contributed by atoms with Crippen molar-refractivity contribution in [3.8, 4) is 0 Å². The smallest absolute Gasteiger partial charge is 0.181 e. The van der Waals surface area contributed by atoms with Crippen molar-refractivity contribution in [1.29, 1.82) is 0 Å². The van der Waals surface area contributed by atoms with Gasteiger partial charge in [-0.1, -0.05) is 36.1 Å². The second kappa shape index (κ2) is 6.78. The average molecular weight is 337 g/mol. The fraction of sp³-hybridized carbons (Fsp3) is 0.308. The number of rotatable bonds is 6. The summed E-state index contributed by atoms with van der Waals surface area (Å²) >= 11 is 4.81. The van der Waals surface area contributed by atoms with Crippen molar-refractivity contribution in [2.24, 2.45) is 0 Å². The first kappa shape index (κ1) is 14.8. The van der Waals surface area contributed by atoms with Crippen LogP contribution in [0, 0.1) is 0 Å². The van der Waals surface area contributed by atoms with Gasteiger partial charge in [0.05, 0.1) is 5.69 Å². The molecule has 0 unspecified atom stereocenters. The third kappa shape index (κ3) is 3.23. The fourth-order valence-corrected chi connectivity index (χ4v) is 4.39. The summed E-state index contributed by atoms with van der Waals surface area (Å²) in [5, 5.41) is 12.7. The molecule has 0 fully saturated rings. The molecule has 3 aromatic heterocycles. The van der Waals surface area contributed by atoms with Crippen LogP contribution in [0.15, 0.2) is 38.1 Å². The summed E-state index contributed by atoms with van der Waals surface area (Å²) in [6.07, 6.45) is 4.06. The van der Waals surface area contributed by atoms with Gasteiger partial charge in [0.15, 0.2) is 8.68 Å². The maximum atomic E-state index is 4.71. The highest BCUT2D eigenvalue weighted by atomic mass is 32.2. The van der Waals surface area contributed by atoms with Gasteiger partial charge < -0.3 is 9.72 Å². The van der Waals surface area contributed by atoms with E-state index >= 15 is 0 Å². The van der Waals surface area contributed by atoms with E-state index in [1.807, 2.05) is 30.7 Å². The molecule has 3 rings (SSSR count). The van der Waals surface area contributed by atoms with Gasteiger partial charge in [-0.05, 0) is 36.7 Å². The summed E-state index contributed by atoms with van der Waals surface area (Å²) in [7, 11) is 0. The minimum absolute atomic E-state index is 0.790. The number of imidazole rings is 1. The van der Waals surface area contributed by atoms with Crippen molar-refractivity contribution in [2.75, 3.05) is 12.8 Å². The van der Waals surface area contributed by atoms with Crippen LogP contribution in [0.2, 0.25) is 0 Å². The van der Waals surface area contributed by atoms with Crippen LogP contribution < -0.4 is 5.32 Å². The van der Waals surface area contributed by atoms with Crippen LogP contribution in [0.1, 0.15) is 12.6 Å². The third-order valence-corrected chi connectivity index (χ3v) is 5.85. The Hall–Kier alpha value is -1.09. The summed E-state index contributed by atoms with van der Waals surface area (Å²) in [6, 6.07) is 6.05. The maximum Gasteiger partial charge on any atom is 0.181 e. The fourth-order valence-electron chi connectivity index (χ4n) is 1.91. The molecule has 0 saturated carbocycles. The highest BCUT2D eigenvalue weighted by molar-refractivity contribution is 8.03. The molecule has 110 valence electrons. The topological polar surface area (TPSA) is 55.1 Å². The Kier molecular flexibility index (Phi) is 4.79. The molecule has 21 heavy (non-hydrogen) atoms. The second-order valence-corrected chi connectivity index (χ2v) is 7.48. The van der Waals surface area contributed by atoms with Crippen molar-refractivity contribution in [1.82, 2.24) is 24.9 Å². The van der Waals surface area contributed by atoms with Crippen LogP contribution >= 0.6 is 34.9 Å². The van der Waals surface area contributed by atoms with Gasteiger partial charge >= 0.3 is 0 Å². The summed E-state index contributed by atoms with van der Waals surface area (Å²) in [6.45, 7) is 3.82. The molecule has 0 spiro atoms. The molecule has 0 amide bonds. The van der Waals surface area contributed by atoms with Gasteiger partial charge in [0.2, 0.25) is 0 Å². The lowest BCUT2D eigenvalue weighted by Crippen LogP contribution is -2.13. The molecule has 0 aliphatic rings. The lowest BCUT2D eigenvalue weighted by molar-refractivity contribution is 0.694. The first-order chi connectivity index (χ1) is 10.3. The molecule has 0 radical (unpaired) electrons. The molecule has 3 heterocycles. The first-order valence-corrected chi connectivity index (χ1v) is 9.39. The lowest BCUT2D eigenvalue weighted by Gasteiger charge is -2.04. The van der Waals surface area contributed by atoms with Gasteiger partial charge in [-0.25, -0.2) is 4.98 Å². The molecule has 5 nitrogen and oxygen atoms in total. The van der Waals surface area contributed by atoms with Crippen molar-refractivity contribution in [3.05, 3.63) is 30.1 Å². The third-order valence-electron chi connectivity index (χ3n) is 2.88. The van der Waals surface area contributed by atoms with Crippen LogP contribution in [-0.4, -0.2) is 32.4 Å². The Morgan fingerprint density at radius 1 is 1.29 bits per heavy atom. The molecule has 0 aliphatic carbocycles. The Morgan fingerprint density at radius 3 is 2.90 bits per heavy atom. The SMILES string of the molecule is CCNCc1c(Sc2nnc(SC)s2)nc2ccccn12. The van der Waals surface area contributed by atoms with Crippen LogP contribution in [0.4, 0.5) is 0 Å². The first-order valence-electron chi connectivity index (χ1n) is 6.54. The van der Waals surface area contributed by atoms with Crippen LogP contribution in [0.25, 0.3) is 5.65 Å². The monoisotopic (exact) mass is 337 g/mol. The quantitative estimate of drug-likeness (QED) is 0.697. The van der Waals surface area contributed by atoms with E-state index in [9.17, 15) is 0 Å². The van der Waals surface area contributed by atoms with Crippen molar-refractivity contribution in [2.45, 2.75) is 27.2 Å². The molecule has 0 atom stereocenters. The van der Waals surface area contributed by atoms with Crippen molar-refractivity contribution in [3.63, 3.8) is 0 Å². The van der Waals surface area contributed by atoms with Crippen molar-refractivity contribution >= 4 is 40.5 Å². The average Bonchev–Trinajstić information content (AvgIpc) is 3.09. The van der Waals surface area contributed by atoms with E-state index < -0.39 is 0 Å². The standard InChI is InChI=1S/C13H15N5S3/c1-3-14-8-9-11(15-10-6-4-5-7-18(9)10)20-13-17-16-12(19-2)21-13/h4-7,14H,3,8H2,1-2H3. The van der Waals surface area contributed by atoms with E-state index in [-0.39, 0.29) is 0 Å². The van der Waals surface area contributed by atoms with E-state index in [1.165, 1.54) is 5.69 Å². The summed E-state index contributed by atoms with van der Waals surface area (Å²) in [5.41, 5.74) is 2.13. The van der Waals surface area contributed by atoms with E-state index in [1.54, 1.807) is 34.9 Å². The normalized spacial score (nSPS) is 11.3. The van der Waals surface area contributed by atoms with Crippen LogP contribution in [0.3, 0.4) is 0 Å². The zero-order valence-electron chi connectivity index (χ0n) is 11.7. The minimum Gasteiger partial charge on any atom is -0.311 e. The molecular weight excluding hydrogens is 322 g/mol. The maximum absolute atomic E-state index is 4.71. The zero-order chi connectivity index (χ0) is 14.7. The highest BCUT2D eigenvalue weighted by Gasteiger charge is 2.15. The lowest BCUT2D eigenvalue weighted by atomic mass is 10.4. The van der Waals surface area contributed by atoms with Crippen LogP contribution in [0.5, 0.6) is 0 Å². The van der Waals surface area contributed by atoms with Gasteiger partial charge in [-0.2, -0.15) is 0 Å². The Balaban J connectivity index is 1.95. The van der Waals surface area contributed by atoms with Gasteiger partial charge in [0, 0.05) is 12.7 Å². The van der Waals surface area contributed by atoms with Crippen LogP contribution in [-0.2, 0) is 6.54 Å².